The van der Waals surface area contributed by atoms with Crippen LogP contribution in [-0.2, 0) is 9.53 Å². The second kappa shape index (κ2) is 5.24. The number of ether oxygens (including phenoxy) is 1. The summed E-state index contributed by atoms with van der Waals surface area (Å²) >= 11 is 1.09. The smallest absolute Gasteiger partial charge is 0.308 e. The van der Waals surface area contributed by atoms with Gasteiger partial charge in [0.15, 0.2) is 5.13 Å². The van der Waals surface area contributed by atoms with Crippen LogP contribution in [0.25, 0.3) is 0 Å². The molecule has 4 N–H and O–H groups in total. The summed E-state index contributed by atoms with van der Waals surface area (Å²) in [7, 11) is 1.22. The molecule has 1 rings (SSSR count). The summed E-state index contributed by atoms with van der Waals surface area (Å²) in [6.07, 6.45) is -2.66. The number of esters is 1. The summed E-state index contributed by atoms with van der Waals surface area (Å²) in [5, 5.41) is 19.7. The van der Waals surface area contributed by atoms with Gasteiger partial charge in [-0.2, -0.15) is 0 Å². The molecule has 0 saturated heterocycles. The van der Waals surface area contributed by atoms with Gasteiger partial charge in [0.2, 0.25) is 0 Å². The third-order valence-electron chi connectivity index (χ3n) is 2.09. The molecule has 0 radical (unpaired) electrons. The number of nitrogens with two attached hydrogens (primary N) is 1. The van der Waals surface area contributed by atoms with Crippen LogP contribution in [0.15, 0.2) is 0 Å². The lowest BCUT2D eigenvalue weighted by molar-refractivity contribution is -0.144. The summed E-state index contributed by atoms with van der Waals surface area (Å²) in [5.41, 5.74) is 6.02. The quantitative estimate of drug-likeness (QED) is 0.645. The molecule has 0 aliphatic heterocycles. The lowest BCUT2D eigenvalue weighted by atomic mass is 10.1. The highest BCUT2D eigenvalue weighted by molar-refractivity contribution is 7.15. The zero-order valence-corrected chi connectivity index (χ0v) is 9.82. The molecule has 6 nitrogen and oxygen atoms in total. The van der Waals surface area contributed by atoms with E-state index < -0.39 is 18.2 Å². The molecule has 2 atom stereocenters. The highest BCUT2D eigenvalue weighted by atomic mass is 32.1. The molecule has 1 heterocycles. The van der Waals surface area contributed by atoms with Gasteiger partial charge in [-0.05, 0) is 6.92 Å². The second-order valence-corrected chi connectivity index (χ2v) is 4.36. The first-order valence-corrected chi connectivity index (χ1v) is 5.43. The molecule has 16 heavy (non-hydrogen) atoms. The maximum atomic E-state index is 10.9. The summed E-state index contributed by atoms with van der Waals surface area (Å²) in [4.78, 5) is 15.3. The van der Waals surface area contributed by atoms with E-state index in [0.717, 1.165) is 11.3 Å². The van der Waals surface area contributed by atoms with Gasteiger partial charge in [-0.3, -0.25) is 4.79 Å². The van der Waals surface area contributed by atoms with Crippen molar-refractivity contribution in [3.63, 3.8) is 0 Å². The van der Waals surface area contributed by atoms with Crippen molar-refractivity contribution < 1.29 is 19.7 Å². The van der Waals surface area contributed by atoms with E-state index in [1.807, 2.05) is 0 Å². The molecule has 1 aromatic rings. The highest BCUT2D eigenvalue weighted by Gasteiger charge is 2.25. The molecule has 1 aromatic heterocycles. The van der Waals surface area contributed by atoms with Crippen LogP contribution in [0.2, 0.25) is 0 Å². The lowest BCUT2D eigenvalue weighted by Crippen LogP contribution is -2.22. The van der Waals surface area contributed by atoms with Gasteiger partial charge in [-0.15, -0.1) is 0 Å². The van der Waals surface area contributed by atoms with Crippen molar-refractivity contribution in [2.75, 3.05) is 12.8 Å². The summed E-state index contributed by atoms with van der Waals surface area (Å²) in [6.45, 7) is 1.68. The Hall–Kier alpha value is -1.18. The summed E-state index contributed by atoms with van der Waals surface area (Å²) < 4.78 is 4.40. The minimum atomic E-state index is -1.22. The SMILES string of the molecule is COC(=O)CC(O)C(O)c1sc(N)nc1C. The van der Waals surface area contributed by atoms with Crippen molar-refractivity contribution in [1.82, 2.24) is 4.98 Å². The number of hydrogen-bond donors (Lipinski definition) is 3. The summed E-state index contributed by atoms with van der Waals surface area (Å²) in [5.74, 6) is -0.582. The zero-order chi connectivity index (χ0) is 12.3. The number of carbonyl (C=O) groups is 1. The van der Waals surface area contributed by atoms with Gasteiger partial charge in [0.05, 0.1) is 30.2 Å². The van der Waals surface area contributed by atoms with E-state index in [9.17, 15) is 15.0 Å². The number of hydrogen-bond acceptors (Lipinski definition) is 7. The molecule has 0 fully saturated rings. The normalized spacial score (nSPS) is 14.5. The number of aliphatic hydroxyl groups excluding tert-OH is 2. The molecular formula is C9H14N2O4S. The van der Waals surface area contributed by atoms with Crippen molar-refractivity contribution in [3.8, 4) is 0 Å². The fourth-order valence-corrected chi connectivity index (χ4v) is 2.12. The Morgan fingerprint density at radius 1 is 1.62 bits per heavy atom. The van der Waals surface area contributed by atoms with Crippen LogP contribution >= 0.6 is 11.3 Å². The molecule has 0 saturated carbocycles. The van der Waals surface area contributed by atoms with Crippen LogP contribution in [0.5, 0.6) is 0 Å². The number of rotatable bonds is 4. The Balaban J connectivity index is 2.73. The Bertz CT molecular complexity index is 380. The van der Waals surface area contributed by atoms with Crippen LogP contribution < -0.4 is 5.73 Å². The molecule has 90 valence electrons. The van der Waals surface area contributed by atoms with Crippen LogP contribution in [-0.4, -0.2) is 34.4 Å². The molecule has 0 aliphatic rings. The fourth-order valence-electron chi connectivity index (χ4n) is 1.24. The standard InChI is InChI=1S/C9H14N2O4S/c1-4-8(16-9(10)11-4)7(14)5(12)3-6(13)15-2/h5,7,12,14H,3H2,1-2H3,(H2,10,11). The van der Waals surface area contributed by atoms with Gasteiger partial charge in [0, 0.05) is 0 Å². The Labute approximate surface area is 96.7 Å². The molecule has 0 amide bonds. The second-order valence-electron chi connectivity index (χ2n) is 3.29. The van der Waals surface area contributed by atoms with Gasteiger partial charge in [-0.25, -0.2) is 4.98 Å². The van der Waals surface area contributed by atoms with Crippen LogP contribution in [0.4, 0.5) is 5.13 Å². The molecule has 0 bridgehead atoms. The van der Waals surface area contributed by atoms with E-state index in [-0.39, 0.29) is 6.42 Å². The number of thiazole rings is 1. The Morgan fingerprint density at radius 3 is 2.69 bits per heavy atom. The fraction of sp³-hybridized carbons (Fsp3) is 0.556. The number of aryl methyl sites for hydroxylation is 1. The van der Waals surface area contributed by atoms with Crippen LogP contribution in [0.3, 0.4) is 0 Å². The topological polar surface area (TPSA) is 106 Å². The molecule has 0 aromatic carbocycles. The Kier molecular flexibility index (Phi) is 4.22. The zero-order valence-electron chi connectivity index (χ0n) is 9.01. The largest absolute Gasteiger partial charge is 0.469 e. The molecule has 2 unspecified atom stereocenters. The van der Waals surface area contributed by atoms with E-state index in [2.05, 4.69) is 9.72 Å². The maximum absolute atomic E-state index is 10.9. The van der Waals surface area contributed by atoms with E-state index in [0.29, 0.717) is 15.7 Å². The van der Waals surface area contributed by atoms with Crippen molar-refractivity contribution in [3.05, 3.63) is 10.6 Å². The van der Waals surface area contributed by atoms with Crippen LogP contribution in [0.1, 0.15) is 23.1 Å². The minimum absolute atomic E-state index is 0.269. The number of methoxy groups -OCH3 is 1. The highest BCUT2D eigenvalue weighted by Crippen LogP contribution is 2.29. The van der Waals surface area contributed by atoms with E-state index in [4.69, 9.17) is 5.73 Å². The van der Waals surface area contributed by atoms with Crippen molar-refractivity contribution in [2.45, 2.75) is 25.6 Å². The number of aliphatic hydroxyl groups is 2. The van der Waals surface area contributed by atoms with E-state index in [1.54, 1.807) is 6.92 Å². The average molecular weight is 246 g/mol. The van der Waals surface area contributed by atoms with Crippen molar-refractivity contribution in [1.29, 1.82) is 0 Å². The first-order valence-electron chi connectivity index (χ1n) is 4.61. The average Bonchev–Trinajstić information content (AvgIpc) is 2.56. The van der Waals surface area contributed by atoms with E-state index >= 15 is 0 Å². The van der Waals surface area contributed by atoms with Crippen molar-refractivity contribution in [2.24, 2.45) is 0 Å². The van der Waals surface area contributed by atoms with Crippen molar-refractivity contribution >= 4 is 22.4 Å². The third-order valence-corrected chi connectivity index (χ3v) is 3.14. The van der Waals surface area contributed by atoms with Crippen LogP contribution in [0, 0.1) is 6.92 Å². The first-order chi connectivity index (χ1) is 7.45. The number of anilines is 1. The van der Waals surface area contributed by atoms with Gasteiger partial charge in [0.25, 0.3) is 0 Å². The predicted octanol–water partition coefficient (Wildman–Crippen LogP) is -0.00888. The predicted molar refractivity (Wildman–Crippen MR) is 58.9 cm³/mol. The Morgan fingerprint density at radius 2 is 2.25 bits per heavy atom. The number of aromatic nitrogens is 1. The molecule has 7 heteroatoms. The minimum Gasteiger partial charge on any atom is -0.469 e. The first kappa shape index (κ1) is 12.9. The maximum Gasteiger partial charge on any atom is 0.308 e. The van der Waals surface area contributed by atoms with E-state index in [1.165, 1.54) is 7.11 Å². The van der Waals surface area contributed by atoms with Gasteiger partial charge >= 0.3 is 5.97 Å². The lowest BCUT2D eigenvalue weighted by Gasteiger charge is -2.15. The molecule has 0 spiro atoms. The van der Waals surface area contributed by atoms with Gasteiger partial charge < -0.3 is 20.7 Å². The van der Waals surface area contributed by atoms with Gasteiger partial charge in [-0.1, -0.05) is 11.3 Å². The number of carbonyl (C=O) groups excluding carboxylic acids is 1. The third kappa shape index (κ3) is 2.91. The number of nitrogen functional groups attached to an aromatic ring is 1. The van der Waals surface area contributed by atoms with Gasteiger partial charge in [0.1, 0.15) is 6.10 Å². The molecular weight excluding hydrogens is 232 g/mol. The monoisotopic (exact) mass is 246 g/mol. The summed E-state index contributed by atoms with van der Waals surface area (Å²) in [6, 6.07) is 0. The molecule has 0 aliphatic carbocycles. The number of nitrogens with zero attached hydrogens (tertiary/aromatic N) is 1.